The fourth-order valence-electron chi connectivity index (χ4n) is 2.35. The van der Waals surface area contributed by atoms with E-state index in [0.717, 1.165) is 18.7 Å². The Balaban J connectivity index is 2.03. The average Bonchev–Trinajstić information content (AvgIpc) is 2.39. The molecule has 0 aromatic carbocycles. The zero-order chi connectivity index (χ0) is 13.8. The van der Waals surface area contributed by atoms with Crippen LogP contribution in [0.3, 0.4) is 0 Å². The second kappa shape index (κ2) is 5.79. The first-order valence-corrected chi connectivity index (χ1v) is 6.25. The van der Waals surface area contributed by atoms with Crippen molar-refractivity contribution in [3.63, 3.8) is 0 Å². The number of aromatic nitrogens is 1. The van der Waals surface area contributed by atoms with E-state index in [4.69, 9.17) is 5.73 Å². The maximum atomic E-state index is 11.5. The second-order valence-electron chi connectivity index (χ2n) is 4.72. The molecule has 1 aliphatic rings. The summed E-state index contributed by atoms with van der Waals surface area (Å²) >= 11 is 0. The SMILES string of the molecule is CC(=O)N1CCN(Cc2ccncc2)CC1C(N)=O. The number of nitrogens with zero attached hydrogens (tertiary/aromatic N) is 3. The molecule has 102 valence electrons. The maximum absolute atomic E-state index is 11.5. The topological polar surface area (TPSA) is 79.5 Å². The summed E-state index contributed by atoms with van der Waals surface area (Å²) in [6.07, 6.45) is 3.49. The fourth-order valence-corrected chi connectivity index (χ4v) is 2.35. The van der Waals surface area contributed by atoms with Gasteiger partial charge in [-0.25, -0.2) is 0 Å². The van der Waals surface area contributed by atoms with Gasteiger partial charge in [-0.2, -0.15) is 0 Å². The number of primary amides is 1. The molecule has 1 unspecified atom stereocenters. The Hall–Kier alpha value is -1.95. The molecule has 2 heterocycles. The smallest absolute Gasteiger partial charge is 0.241 e. The summed E-state index contributed by atoms with van der Waals surface area (Å²) in [4.78, 5) is 30.6. The number of hydrogen-bond acceptors (Lipinski definition) is 4. The van der Waals surface area contributed by atoms with Crippen molar-refractivity contribution in [3.05, 3.63) is 30.1 Å². The standard InChI is InChI=1S/C13H18N4O2/c1-10(18)17-7-6-16(9-12(17)13(14)19)8-11-2-4-15-5-3-11/h2-5,12H,6-9H2,1H3,(H2,14,19). The maximum Gasteiger partial charge on any atom is 0.241 e. The highest BCUT2D eigenvalue weighted by atomic mass is 16.2. The lowest BCUT2D eigenvalue weighted by molar-refractivity contribution is -0.141. The Morgan fingerprint density at radius 3 is 2.63 bits per heavy atom. The van der Waals surface area contributed by atoms with E-state index in [2.05, 4.69) is 9.88 Å². The van der Waals surface area contributed by atoms with Crippen LogP contribution in [0.1, 0.15) is 12.5 Å². The second-order valence-corrected chi connectivity index (χ2v) is 4.72. The van der Waals surface area contributed by atoms with E-state index in [0.29, 0.717) is 13.1 Å². The lowest BCUT2D eigenvalue weighted by Gasteiger charge is -2.39. The first-order chi connectivity index (χ1) is 9.08. The van der Waals surface area contributed by atoms with E-state index in [1.165, 1.54) is 6.92 Å². The van der Waals surface area contributed by atoms with Crippen molar-refractivity contribution in [1.29, 1.82) is 0 Å². The molecule has 2 amide bonds. The molecule has 1 fully saturated rings. The number of hydrogen-bond donors (Lipinski definition) is 1. The summed E-state index contributed by atoms with van der Waals surface area (Å²) < 4.78 is 0. The van der Waals surface area contributed by atoms with Crippen LogP contribution in [0.15, 0.2) is 24.5 Å². The van der Waals surface area contributed by atoms with Crippen LogP contribution in [0.25, 0.3) is 0 Å². The Labute approximate surface area is 112 Å². The number of carbonyl (C=O) groups is 2. The largest absolute Gasteiger partial charge is 0.368 e. The van der Waals surface area contributed by atoms with Gasteiger partial charge in [-0.3, -0.25) is 19.5 Å². The molecule has 0 bridgehead atoms. The molecule has 1 aromatic rings. The molecule has 2 N–H and O–H groups in total. The minimum absolute atomic E-state index is 0.104. The van der Waals surface area contributed by atoms with Gasteiger partial charge in [0.1, 0.15) is 6.04 Å². The molecule has 6 heteroatoms. The van der Waals surface area contributed by atoms with Crippen LogP contribution in [-0.2, 0) is 16.1 Å². The monoisotopic (exact) mass is 262 g/mol. The molecule has 0 radical (unpaired) electrons. The Morgan fingerprint density at radius 1 is 1.37 bits per heavy atom. The van der Waals surface area contributed by atoms with Crippen molar-refractivity contribution < 1.29 is 9.59 Å². The van der Waals surface area contributed by atoms with Crippen LogP contribution in [0, 0.1) is 0 Å². The highest BCUT2D eigenvalue weighted by Crippen LogP contribution is 2.13. The lowest BCUT2D eigenvalue weighted by atomic mass is 10.1. The predicted octanol–water partition coefficient (Wildman–Crippen LogP) is -0.400. The van der Waals surface area contributed by atoms with Crippen molar-refractivity contribution in [2.24, 2.45) is 5.73 Å². The third-order valence-electron chi connectivity index (χ3n) is 3.35. The van der Waals surface area contributed by atoms with Gasteiger partial charge < -0.3 is 10.6 Å². The van der Waals surface area contributed by atoms with Gasteiger partial charge in [-0.05, 0) is 17.7 Å². The van der Waals surface area contributed by atoms with Gasteiger partial charge in [0.2, 0.25) is 11.8 Å². The van der Waals surface area contributed by atoms with Crippen LogP contribution >= 0.6 is 0 Å². The van der Waals surface area contributed by atoms with Gasteiger partial charge in [-0.1, -0.05) is 0 Å². The zero-order valence-electron chi connectivity index (χ0n) is 11.0. The third-order valence-corrected chi connectivity index (χ3v) is 3.35. The van der Waals surface area contributed by atoms with Crippen molar-refractivity contribution in [3.8, 4) is 0 Å². The van der Waals surface area contributed by atoms with Gasteiger partial charge in [0.05, 0.1) is 0 Å². The number of nitrogens with two attached hydrogens (primary N) is 1. The minimum atomic E-state index is -0.534. The minimum Gasteiger partial charge on any atom is -0.368 e. The van der Waals surface area contributed by atoms with Crippen LogP contribution in [0.2, 0.25) is 0 Å². The van der Waals surface area contributed by atoms with Crippen molar-refractivity contribution in [2.45, 2.75) is 19.5 Å². The molecule has 2 rings (SSSR count). The lowest BCUT2D eigenvalue weighted by Crippen LogP contribution is -2.59. The summed E-state index contributed by atoms with van der Waals surface area (Å²) in [7, 11) is 0. The van der Waals surface area contributed by atoms with Gasteiger partial charge in [0.15, 0.2) is 0 Å². The number of carbonyl (C=O) groups excluding carboxylic acids is 2. The number of pyridine rings is 1. The molecule has 1 atom stereocenters. The quantitative estimate of drug-likeness (QED) is 0.804. The molecular weight excluding hydrogens is 244 g/mol. The summed E-state index contributed by atoms with van der Waals surface area (Å²) in [5, 5.41) is 0. The van der Waals surface area contributed by atoms with E-state index in [-0.39, 0.29) is 5.91 Å². The predicted molar refractivity (Wildman–Crippen MR) is 69.9 cm³/mol. The Bertz CT molecular complexity index is 463. The molecule has 1 saturated heterocycles. The summed E-state index contributed by atoms with van der Waals surface area (Å²) in [5.41, 5.74) is 6.52. The summed E-state index contributed by atoms with van der Waals surface area (Å²) in [6.45, 7) is 3.96. The molecule has 6 nitrogen and oxygen atoms in total. The summed E-state index contributed by atoms with van der Waals surface area (Å²) in [5.74, 6) is -0.554. The molecule has 1 aliphatic heterocycles. The molecular formula is C13H18N4O2. The van der Waals surface area contributed by atoms with Crippen LogP contribution in [0.5, 0.6) is 0 Å². The van der Waals surface area contributed by atoms with E-state index >= 15 is 0 Å². The molecule has 0 spiro atoms. The molecule has 0 aliphatic carbocycles. The number of rotatable bonds is 3. The molecule has 19 heavy (non-hydrogen) atoms. The number of amides is 2. The Kier molecular flexibility index (Phi) is 4.11. The first kappa shape index (κ1) is 13.5. The van der Waals surface area contributed by atoms with E-state index in [1.807, 2.05) is 12.1 Å². The van der Waals surface area contributed by atoms with Gasteiger partial charge in [0, 0.05) is 45.5 Å². The van der Waals surface area contributed by atoms with Crippen molar-refractivity contribution in [1.82, 2.24) is 14.8 Å². The van der Waals surface area contributed by atoms with Crippen molar-refractivity contribution >= 4 is 11.8 Å². The third kappa shape index (κ3) is 3.29. The van der Waals surface area contributed by atoms with E-state index < -0.39 is 11.9 Å². The van der Waals surface area contributed by atoms with Gasteiger partial charge in [0.25, 0.3) is 0 Å². The normalized spacial score (nSPS) is 20.3. The first-order valence-electron chi connectivity index (χ1n) is 6.25. The van der Waals surface area contributed by atoms with Crippen molar-refractivity contribution in [2.75, 3.05) is 19.6 Å². The highest BCUT2D eigenvalue weighted by molar-refractivity contribution is 5.86. The van der Waals surface area contributed by atoms with Gasteiger partial charge >= 0.3 is 0 Å². The van der Waals surface area contributed by atoms with Gasteiger partial charge in [-0.15, -0.1) is 0 Å². The fraction of sp³-hybridized carbons (Fsp3) is 0.462. The van der Waals surface area contributed by atoms with E-state index in [1.54, 1.807) is 17.3 Å². The highest BCUT2D eigenvalue weighted by Gasteiger charge is 2.32. The molecule has 0 saturated carbocycles. The van der Waals surface area contributed by atoms with Crippen LogP contribution < -0.4 is 5.73 Å². The van der Waals surface area contributed by atoms with Crippen LogP contribution in [0.4, 0.5) is 0 Å². The molecule has 1 aromatic heterocycles. The Morgan fingerprint density at radius 2 is 2.05 bits per heavy atom. The van der Waals surface area contributed by atoms with E-state index in [9.17, 15) is 9.59 Å². The number of piperazine rings is 1. The average molecular weight is 262 g/mol. The van der Waals surface area contributed by atoms with Crippen LogP contribution in [-0.4, -0.2) is 52.3 Å². The zero-order valence-corrected chi connectivity index (χ0v) is 11.0. The summed E-state index contributed by atoms with van der Waals surface area (Å²) in [6, 6.07) is 3.35.